The van der Waals surface area contributed by atoms with Crippen molar-refractivity contribution in [3.8, 4) is 0 Å². The van der Waals surface area contributed by atoms with Crippen LogP contribution in [0.4, 0.5) is 11.5 Å². The molecule has 0 spiro atoms. The molecule has 0 bridgehead atoms. The molecule has 0 aliphatic rings. The molecule has 0 amide bonds. The average molecular weight is 299 g/mol. The van der Waals surface area contributed by atoms with Gasteiger partial charge in [0, 0.05) is 11.9 Å². The molecular weight excluding hydrogens is 288 g/mol. The van der Waals surface area contributed by atoms with Crippen molar-refractivity contribution in [3.05, 3.63) is 47.6 Å². The van der Waals surface area contributed by atoms with Crippen LogP contribution in [0.5, 0.6) is 0 Å². The summed E-state index contributed by atoms with van der Waals surface area (Å²) < 4.78 is 26.5. The molecule has 0 radical (unpaired) electrons. The van der Waals surface area contributed by atoms with E-state index >= 15 is 0 Å². The fraction of sp³-hybridized carbons (Fsp3) is 0. The number of sulfonamides is 1. The summed E-state index contributed by atoms with van der Waals surface area (Å²) in [6.45, 7) is 0. The van der Waals surface area contributed by atoms with Gasteiger partial charge in [-0.2, -0.15) is 0 Å². The van der Waals surface area contributed by atoms with Crippen LogP contribution in [-0.2, 0) is 10.0 Å². The Bertz CT molecular complexity index is 673. The monoisotopic (exact) mass is 298 g/mol. The molecule has 2 rings (SSSR count). The quantitative estimate of drug-likeness (QED) is 0.591. The van der Waals surface area contributed by atoms with Crippen LogP contribution >= 0.6 is 11.6 Å². The Kier molecular flexibility index (Phi) is 3.89. The molecule has 0 saturated carbocycles. The summed E-state index contributed by atoms with van der Waals surface area (Å²) in [5, 5.41) is 0.228. The van der Waals surface area contributed by atoms with Crippen LogP contribution in [0, 0.1) is 0 Å². The molecule has 2 aromatic rings. The summed E-state index contributed by atoms with van der Waals surface area (Å²) in [6.07, 6.45) is 1.45. The Labute approximate surface area is 115 Å². The number of halogens is 1. The van der Waals surface area contributed by atoms with Crippen molar-refractivity contribution in [1.29, 1.82) is 0 Å². The van der Waals surface area contributed by atoms with Crippen LogP contribution in [0.3, 0.4) is 0 Å². The lowest BCUT2D eigenvalue weighted by Crippen LogP contribution is -2.14. The van der Waals surface area contributed by atoms with Crippen LogP contribution < -0.4 is 16.0 Å². The topological polar surface area (TPSA) is 97.1 Å². The van der Waals surface area contributed by atoms with E-state index in [9.17, 15) is 8.42 Å². The third-order valence-corrected chi connectivity index (χ3v) is 3.98. The second kappa shape index (κ2) is 5.43. The standard InChI is InChI=1S/C11H11ClN4O2S/c12-10-2-1-7-14-11(10)16-19(17,18)9-5-3-8(15-13)4-6-9/h1-7,15H,13H2,(H,14,16). The second-order valence-corrected chi connectivity index (χ2v) is 5.70. The van der Waals surface area contributed by atoms with Crippen molar-refractivity contribution < 1.29 is 8.42 Å². The summed E-state index contributed by atoms with van der Waals surface area (Å²) in [5.74, 6) is 5.30. The minimum absolute atomic E-state index is 0.0881. The van der Waals surface area contributed by atoms with Crippen molar-refractivity contribution in [2.75, 3.05) is 10.1 Å². The first-order valence-corrected chi connectivity index (χ1v) is 7.09. The second-order valence-electron chi connectivity index (χ2n) is 3.61. The summed E-state index contributed by atoms with van der Waals surface area (Å²) in [6, 6.07) is 9.11. The van der Waals surface area contributed by atoms with Gasteiger partial charge in [0.2, 0.25) is 0 Å². The highest BCUT2D eigenvalue weighted by atomic mass is 35.5. The lowest BCUT2D eigenvalue weighted by molar-refractivity contribution is 0.601. The van der Waals surface area contributed by atoms with Crippen LogP contribution in [0.1, 0.15) is 0 Å². The molecule has 0 atom stereocenters. The lowest BCUT2D eigenvalue weighted by Gasteiger charge is -2.09. The fourth-order valence-corrected chi connectivity index (χ4v) is 2.63. The molecule has 4 N–H and O–H groups in total. The number of nitrogens with one attached hydrogen (secondary N) is 2. The van der Waals surface area contributed by atoms with Crippen LogP contribution in [0.2, 0.25) is 5.02 Å². The van der Waals surface area contributed by atoms with Gasteiger partial charge in [0.15, 0.2) is 5.82 Å². The van der Waals surface area contributed by atoms with Gasteiger partial charge in [-0.25, -0.2) is 13.4 Å². The maximum atomic E-state index is 12.1. The van der Waals surface area contributed by atoms with Gasteiger partial charge >= 0.3 is 0 Å². The molecule has 0 saturated heterocycles. The molecule has 0 fully saturated rings. The number of hydrazine groups is 1. The first kappa shape index (κ1) is 13.6. The van der Waals surface area contributed by atoms with Gasteiger partial charge in [-0.15, -0.1) is 0 Å². The van der Waals surface area contributed by atoms with E-state index in [1.807, 2.05) is 0 Å². The number of nitrogens with two attached hydrogens (primary N) is 1. The zero-order chi connectivity index (χ0) is 13.9. The van der Waals surface area contributed by atoms with Gasteiger partial charge in [-0.3, -0.25) is 10.6 Å². The zero-order valence-corrected chi connectivity index (χ0v) is 11.2. The summed E-state index contributed by atoms with van der Waals surface area (Å²) in [4.78, 5) is 3.96. The molecular formula is C11H11ClN4O2S. The van der Waals surface area contributed by atoms with E-state index in [0.29, 0.717) is 5.69 Å². The number of benzene rings is 1. The van der Waals surface area contributed by atoms with E-state index in [0.717, 1.165) is 0 Å². The van der Waals surface area contributed by atoms with E-state index < -0.39 is 10.0 Å². The Balaban J connectivity index is 2.30. The molecule has 6 nitrogen and oxygen atoms in total. The molecule has 8 heteroatoms. The molecule has 1 aromatic heterocycles. The minimum Gasteiger partial charge on any atom is -0.324 e. The lowest BCUT2D eigenvalue weighted by atomic mass is 10.3. The number of pyridine rings is 1. The van der Waals surface area contributed by atoms with Gasteiger partial charge < -0.3 is 5.43 Å². The third-order valence-electron chi connectivity index (χ3n) is 2.32. The molecule has 0 aliphatic heterocycles. The summed E-state index contributed by atoms with van der Waals surface area (Å²) in [5.41, 5.74) is 3.02. The van der Waals surface area contributed by atoms with Gasteiger partial charge in [-0.05, 0) is 36.4 Å². The van der Waals surface area contributed by atoms with E-state index in [4.69, 9.17) is 17.4 Å². The number of nitrogen functional groups attached to an aromatic ring is 1. The van der Waals surface area contributed by atoms with Gasteiger partial charge in [0.1, 0.15) is 0 Å². The summed E-state index contributed by atoms with van der Waals surface area (Å²) >= 11 is 5.85. The molecule has 0 unspecified atom stereocenters. The number of hydrogen-bond donors (Lipinski definition) is 3. The number of hydrogen-bond acceptors (Lipinski definition) is 5. The van der Waals surface area contributed by atoms with Gasteiger partial charge in [0.25, 0.3) is 10.0 Å². The first-order valence-electron chi connectivity index (χ1n) is 5.23. The van der Waals surface area contributed by atoms with Gasteiger partial charge in [0.05, 0.1) is 9.92 Å². The highest BCUT2D eigenvalue weighted by molar-refractivity contribution is 7.92. The van der Waals surface area contributed by atoms with Crippen molar-refractivity contribution >= 4 is 33.1 Å². The molecule has 1 heterocycles. The normalized spacial score (nSPS) is 11.1. The highest BCUT2D eigenvalue weighted by Crippen LogP contribution is 2.22. The first-order chi connectivity index (χ1) is 9.03. The Morgan fingerprint density at radius 1 is 1.16 bits per heavy atom. The van der Waals surface area contributed by atoms with E-state index in [1.165, 1.54) is 18.3 Å². The number of rotatable bonds is 4. The zero-order valence-electron chi connectivity index (χ0n) is 9.67. The minimum atomic E-state index is -3.73. The van der Waals surface area contributed by atoms with Crippen LogP contribution in [0.25, 0.3) is 0 Å². The van der Waals surface area contributed by atoms with Crippen LogP contribution in [-0.4, -0.2) is 13.4 Å². The predicted molar refractivity (Wildman–Crippen MR) is 74.3 cm³/mol. The molecule has 100 valence electrons. The van der Waals surface area contributed by atoms with Crippen molar-refractivity contribution in [3.63, 3.8) is 0 Å². The fourth-order valence-electron chi connectivity index (χ4n) is 1.38. The van der Waals surface area contributed by atoms with Crippen molar-refractivity contribution in [2.24, 2.45) is 5.84 Å². The average Bonchev–Trinajstić information content (AvgIpc) is 2.41. The van der Waals surface area contributed by atoms with E-state index in [-0.39, 0.29) is 15.7 Å². The number of nitrogens with zero attached hydrogens (tertiary/aromatic N) is 1. The van der Waals surface area contributed by atoms with E-state index in [1.54, 1.807) is 24.3 Å². The molecule has 1 aromatic carbocycles. The maximum absolute atomic E-state index is 12.1. The maximum Gasteiger partial charge on any atom is 0.263 e. The number of anilines is 2. The van der Waals surface area contributed by atoms with Crippen molar-refractivity contribution in [1.82, 2.24) is 4.98 Å². The molecule has 0 aliphatic carbocycles. The van der Waals surface area contributed by atoms with Crippen LogP contribution in [0.15, 0.2) is 47.5 Å². The number of aromatic nitrogens is 1. The van der Waals surface area contributed by atoms with Gasteiger partial charge in [-0.1, -0.05) is 11.6 Å². The Morgan fingerprint density at radius 3 is 2.42 bits per heavy atom. The Morgan fingerprint density at radius 2 is 1.84 bits per heavy atom. The third kappa shape index (κ3) is 3.14. The van der Waals surface area contributed by atoms with Crippen molar-refractivity contribution in [2.45, 2.75) is 4.90 Å². The van der Waals surface area contributed by atoms with E-state index in [2.05, 4.69) is 15.1 Å². The smallest absolute Gasteiger partial charge is 0.263 e. The largest absolute Gasteiger partial charge is 0.324 e. The summed E-state index contributed by atoms with van der Waals surface area (Å²) in [7, 11) is -3.73. The SMILES string of the molecule is NNc1ccc(S(=O)(=O)Nc2ncccc2Cl)cc1. The highest BCUT2D eigenvalue weighted by Gasteiger charge is 2.16. The predicted octanol–water partition coefficient (Wildman–Crippen LogP) is 1.82. The Hall–Kier alpha value is -1.83. The molecule has 19 heavy (non-hydrogen) atoms.